The van der Waals surface area contributed by atoms with Crippen LogP contribution in [0.1, 0.15) is 29.0 Å². The number of aryl methyl sites for hydroxylation is 1. The molecular formula is C27H23N3O4S2. The maximum Gasteiger partial charge on any atom is 0.271 e. The topological polar surface area (TPSA) is 92.9 Å². The molecule has 182 valence electrons. The number of amides is 1. The molecule has 4 aromatic rings. The van der Waals surface area contributed by atoms with Crippen LogP contribution in [0.15, 0.2) is 81.0 Å². The summed E-state index contributed by atoms with van der Waals surface area (Å²) in [6, 6.07) is 15.8. The van der Waals surface area contributed by atoms with Crippen LogP contribution in [0, 0.1) is 6.92 Å². The first-order valence-corrected chi connectivity index (χ1v) is 12.9. The molecule has 1 amide bonds. The standard InChI is InChI=1S/C27H23N3O4S2/c1-15-8-4-5-10-18(15)29-25(32)22-16(2)28-27-30(23(22)20-12-7-13-35-20)26(33)21(36-27)14-17-9-6-11-19(34-3)24(17)31/h4-14,23,31H,1-3H3,(H,29,32)/b21-14-. The predicted octanol–water partition coefficient (Wildman–Crippen LogP) is 3.96. The summed E-state index contributed by atoms with van der Waals surface area (Å²) in [6.07, 6.45) is 1.62. The van der Waals surface area contributed by atoms with Gasteiger partial charge in [0, 0.05) is 16.1 Å². The van der Waals surface area contributed by atoms with E-state index in [0.29, 0.717) is 37.6 Å². The summed E-state index contributed by atoms with van der Waals surface area (Å²) in [7, 11) is 1.47. The Morgan fingerprint density at radius 3 is 2.67 bits per heavy atom. The Bertz CT molecular complexity index is 1680. The van der Waals surface area contributed by atoms with Crippen molar-refractivity contribution in [3.63, 3.8) is 0 Å². The lowest BCUT2D eigenvalue weighted by molar-refractivity contribution is -0.113. The van der Waals surface area contributed by atoms with Gasteiger partial charge in [-0.1, -0.05) is 47.7 Å². The minimum atomic E-state index is -0.619. The summed E-state index contributed by atoms with van der Waals surface area (Å²) in [6.45, 7) is 3.72. The summed E-state index contributed by atoms with van der Waals surface area (Å²) in [5, 5.41) is 15.4. The van der Waals surface area contributed by atoms with E-state index in [1.54, 1.807) is 35.8 Å². The number of phenols is 1. The van der Waals surface area contributed by atoms with Crippen molar-refractivity contribution in [2.75, 3.05) is 12.4 Å². The predicted molar refractivity (Wildman–Crippen MR) is 143 cm³/mol. The molecule has 1 atom stereocenters. The Hall–Kier alpha value is -3.95. The first-order valence-electron chi connectivity index (χ1n) is 11.2. The third kappa shape index (κ3) is 4.16. The number of fused-ring (bicyclic) bond motifs is 1. The molecule has 1 unspecified atom stereocenters. The molecule has 0 spiro atoms. The smallest absolute Gasteiger partial charge is 0.271 e. The number of phenolic OH excluding ortho intramolecular Hbond substituents is 1. The van der Waals surface area contributed by atoms with Crippen molar-refractivity contribution in [1.29, 1.82) is 0 Å². The fourth-order valence-corrected chi connectivity index (χ4v) is 6.05. The number of thiophene rings is 1. The molecule has 5 rings (SSSR count). The summed E-state index contributed by atoms with van der Waals surface area (Å²) >= 11 is 2.70. The third-order valence-corrected chi connectivity index (χ3v) is 7.92. The number of para-hydroxylation sites is 2. The number of carbonyl (C=O) groups is 1. The Labute approximate surface area is 215 Å². The zero-order chi connectivity index (χ0) is 25.4. The van der Waals surface area contributed by atoms with Crippen molar-refractivity contribution in [2.45, 2.75) is 19.9 Å². The molecule has 36 heavy (non-hydrogen) atoms. The number of allylic oxidation sites excluding steroid dienone is 1. The van der Waals surface area contributed by atoms with Crippen molar-refractivity contribution in [1.82, 2.24) is 4.57 Å². The summed E-state index contributed by atoms with van der Waals surface area (Å²) < 4.78 is 7.16. The van der Waals surface area contributed by atoms with Gasteiger partial charge in [-0.05, 0) is 49.1 Å². The number of nitrogens with one attached hydrogen (secondary N) is 1. The Morgan fingerprint density at radius 2 is 1.94 bits per heavy atom. The average molecular weight is 518 g/mol. The number of thiazole rings is 1. The van der Waals surface area contributed by atoms with Crippen molar-refractivity contribution in [2.24, 2.45) is 4.99 Å². The number of nitrogens with zero attached hydrogens (tertiary/aromatic N) is 2. The fraction of sp³-hybridized carbons (Fsp3) is 0.148. The number of methoxy groups -OCH3 is 1. The number of aromatic nitrogens is 1. The number of carbonyl (C=O) groups excluding carboxylic acids is 1. The number of hydrogen-bond acceptors (Lipinski definition) is 7. The van der Waals surface area contributed by atoms with Crippen LogP contribution >= 0.6 is 22.7 Å². The van der Waals surface area contributed by atoms with E-state index in [1.165, 1.54) is 29.8 Å². The van der Waals surface area contributed by atoms with E-state index in [0.717, 1.165) is 10.4 Å². The molecule has 0 aliphatic carbocycles. The molecule has 9 heteroatoms. The minimum Gasteiger partial charge on any atom is -0.504 e. The molecule has 0 saturated carbocycles. The zero-order valence-electron chi connectivity index (χ0n) is 19.8. The highest BCUT2D eigenvalue weighted by atomic mass is 32.1. The van der Waals surface area contributed by atoms with Gasteiger partial charge in [0.05, 0.1) is 22.9 Å². The number of ether oxygens (including phenoxy) is 1. The van der Waals surface area contributed by atoms with Gasteiger partial charge in [-0.15, -0.1) is 11.3 Å². The highest BCUT2D eigenvalue weighted by molar-refractivity contribution is 7.10. The van der Waals surface area contributed by atoms with Gasteiger partial charge in [-0.25, -0.2) is 4.99 Å². The Balaban J connectivity index is 1.66. The summed E-state index contributed by atoms with van der Waals surface area (Å²) in [5.41, 5.74) is 2.79. The van der Waals surface area contributed by atoms with Crippen molar-refractivity contribution >= 4 is 40.3 Å². The van der Waals surface area contributed by atoms with Crippen LogP contribution in [-0.2, 0) is 4.79 Å². The largest absolute Gasteiger partial charge is 0.504 e. The maximum atomic E-state index is 13.7. The van der Waals surface area contributed by atoms with Crippen LogP contribution in [0.25, 0.3) is 6.08 Å². The average Bonchev–Trinajstić information content (AvgIpc) is 3.49. The van der Waals surface area contributed by atoms with E-state index in [2.05, 4.69) is 10.3 Å². The molecule has 3 heterocycles. The SMILES string of the molecule is COc1cccc(/C=c2\sc3n(c2=O)C(c2cccs2)C(C(=O)Nc2ccccc2C)=C(C)N=3)c1O. The van der Waals surface area contributed by atoms with Gasteiger partial charge in [-0.2, -0.15) is 0 Å². The van der Waals surface area contributed by atoms with E-state index >= 15 is 0 Å². The zero-order valence-corrected chi connectivity index (χ0v) is 21.4. The van der Waals surface area contributed by atoms with E-state index < -0.39 is 6.04 Å². The highest BCUT2D eigenvalue weighted by Crippen LogP contribution is 2.34. The number of hydrogen-bond donors (Lipinski definition) is 2. The maximum absolute atomic E-state index is 13.7. The monoisotopic (exact) mass is 517 g/mol. The van der Waals surface area contributed by atoms with Crippen molar-refractivity contribution in [3.05, 3.63) is 107 Å². The molecule has 2 aromatic heterocycles. The third-order valence-electron chi connectivity index (χ3n) is 6.01. The molecule has 1 aliphatic heterocycles. The Kier molecular flexibility index (Phi) is 6.34. The van der Waals surface area contributed by atoms with Gasteiger partial charge in [0.1, 0.15) is 6.04 Å². The van der Waals surface area contributed by atoms with E-state index in [4.69, 9.17) is 4.74 Å². The van der Waals surface area contributed by atoms with Crippen molar-refractivity contribution in [3.8, 4) is 11.5 Å². The highest BCUT2D eigenvalue weighted by Gasteiger charge is 2.33. The van der Waals surface area contributed by atoms with E-state index in [-0.39, 0.29) is 17.2 Å². The van der Waals surface area contributed by atoms with Gasteiger partial charge >= 0.3 is 0 Å². The first kappa shape index (κ1) is 23.8. The molecule has 2 N–H and O–H groups in total. The van der Waals surface area contributed by atoms with Gasteiger partial charge in [0.25, 0.3) is 11.5 Å². The molecule has 0 bridgehead atoms. The fourth-order valence-electron chi connectivity index (χ4n) is 4.19. The number of benzene rings is 2. The van der Waals surface area contributed by atoms with Crippen LogP contribution in [0.2, 0.25) is 0 Å². The molecule has 0 radical (unpaired) electrons. The molecule has 7 nitrogen and oxygen atoms in total. The lowest BCUT2D eigenvalue weighted by Crippen LogP contribution is -2.40. The Morgan fingerprint density at radius 1 is 1.14 bits per heavy atom. The van der Waals surface area contributed by atoms with Crippen LogP contribution in [0.4, 0.5) is 5.69 Å². The number of rotatable bonds is 5. The van der Waals surface area contributed by atoms with Gasteiger partial charge in [-0.3, -0.25) is 14.2 Å². The summed E-state index contributed by atoms with van der Waals surface area (Å²) in [5.74, 6) is -0.0298. The number of aromatic hydroxyl groups is 1. The van der Waals surface area contributed by atoms with E-state index in [9.17, 15) is 14.7 Å². The van der Waals surface area contributed by atoms with Gasteiger partial charge in [0.15, 0.2) is 16.3 Å². The van der Waals surface area contributed by atoms with Crippen LogP contribution < -0.4 is 24.9 Å². The lowest BCUT2D eigenvalue weighted by atomic mass is 10.0. The van der Waals surface area contributed by atoms with E-state index in [1.807, 2.05) is 48.7 Å². The van der Waals surface area contributed by atoms with Crippen LogP contribution in [0.5, 0.6) is 11.5 Å². The molecule has 0 saturated heterocycles. The van der Waals surface area contributed by atoms with Crippen molar-refractivity contribution < 1.29 is 14.6 Å². The van der Waals surface area contributed by atoms with Crippen LogP contribution in [-0.4, -0.2) is 22.7 Å². The second kappa shape index (κ2) is 9.60. The first-order chi connectivity index (χ1) is 17.4. The van der Waals surface area contributed by atoms with Gasteiger partial charge in [0.2, 0.25) is 0 Å². The second-order valence-electron chi connectivity index (χ2n) is 8.26. The molecule has 0 fully saturated rings. The lowest BCUT2D eigenvalue weighted by Gasteiger charge is -2.24. The molecular weight excluding hydrogens is 494 g/mol. The molecule has 1 aliphatic rings. The minimum absolute atomic E-state index is 0.0462. The second-order valence-corrected chi connectivity index (χ2v) is 10.3. The quantitative estimate of drug-likeness (QED) is 0.419. The van der Waals surface area contributed by atoms with Crippen LogP contribution in [0.3, 0.4) is 0 Å². The number of anilines is 1. The summed E-state index contributed by atoms with van der Waals surface area (Å²) in [4.78, 5) is 33.3. The molecule has 2 aromatic carbocycles. The van der Waals surface area contributed by atoms with Gasteiger partial charge < -0.3 is 15.2 Å². The normalized spacial score (nSPS) is 15.4.